The van der Waals surface area contributed by atoms with Crippen molar-refractivity contribution in [2.24, 2.45) is 0 Å². The SMILES string of the molecule is CC1CN(Cc2sccc2C#CCO)CCN1C. The zero-order chi connectivity index (χ0) is 13.0. The maximum atomic E-state index is 8.76. The molecule has 1 N–H and O–H groups in total. The van der Waals surface area contributed by atoms with Gasteiger partial charge in [-0.3, -0.25) is 4.90 Å². The molecule has 4 heteroatoms. The number of thiophene rings is 1. The topological polar surface area (TPSA) is 26.7 Å². The van der Waals surface area contributed by atoms with Gasteiger partial charge in [0, 0.05) is 42.7 Å². The van der Waals surface area contributed by atoms with Crippen molar-refractivity contribution in [2.45, 2.75) is 19.5 Å². The quantitative estimate of drug-likeness (QED) is 0.814. The van der Waals surface area contributed by atoms with E-state index in [0.29, 0.717) is 6.04 Å². The summed E-state index contributed by atoms with van der Waals surface area (Å²) in [5.41, 5.74) is 1.07. The Bertz CT molecular complexity index is 446. The predicted octanol–water partition coefficient (Wildman–Crippen LogP) is 1.23. The van der Waals surface area contributed by atoms with Crippen LogP contribution in [0.2, 0.25) is 0 Å². The summed E-state index contributed by atoms with van der Waals surface area (Å²) >= 11 is 1.76. The van der Waals surface area contributed by atoms with E-state index in [-0.39, 0.29) is 6.61 Å². The molecule has 1 aliphatic rings. The lowest BCUT2D eigenvalue weighted by molar-refractivity contribution is 0.101. The van der Waals surface area contributed by atoms with Crippen LogP contribution in [0, 0.1) is 11.8 Å². The van der Waals surface area contributed by atoms with Crippen molar-refractivity contribution < 1.29 is 5.11 Å². The van der Waals surface area contributed by atoms with E-state index in [1.807, 2.05) is 6.07 Å². The van der Waals surface area contributed by atoms with Gasteiger partial charge in [-0.15, -0.1) is 11.3 Å². The lowest BCUT2D eigenvalue weighted by Gasteiger charge is -2.37. The predicted molar refractivity (Wildman–Crippen MR) is 75.7 cm³/mol. The van der Waals surface area contributed by atoms with Crippen LogP contribution in [0.25, 0.3) is 0 Å². The number of hydrogen-bond donors (Lipinski definition) is 1. The Kier molecular flexibility index (Phi) is 4.79. The number of nitrogens with zero attached hydrogens (tertiary/aromatic N) is 2. The number of hydrogen-bond acceptors (Lipinski definition) is 4. The molecule has 2 heterocycles. The lowest BCUT2D eigenvalue weighted by atomic mass is 10.2. The smallest absolute Gasteiger partial charge is 0.104 e. The first kappa shape index (κ1) is 13.6. The molecule has 0 aliphatic carbocycles. The van der Waals surface area contributed by atoms with E-state index in [2.05, 4.69) is 41.0 Å². The van der Waals surface area contributed by atoms with Gasteiger partial charge < -0.3 is 10.0 Å². The first-order valence-corrected chi connectivity index (χ1v) is 7.17. The Balaban J connectivity index is 1.99. The van der Waals surface area contributed by atoms with Crippen molar-refractivity contribution in [3.63, 3.8) is 0 Å². The summed E-state index contributed by atoms with van der Waals surface area (Å²) in [7, 11) is 2.19. The van der Waals surface area contributed by atoms with Crippen molar-refractivity contribution in [2.75, 3.05) is 33.3 Å². The molecule has 2 rings (SSSR count). The van der Waals surface area contributed by atoms with E-state index in [4.69, 9.17) is 5.11 Å². The highest BCUT2D eigenvalue weighted by molar-refractivity contribution is 7.10. The molecular weight excluding hydrogens is 244 g/mol. The molecule has 3 nitrogen and oxygen atoms in total. The number of rotatable bonds is 2. The van der Waals surface area contributed by atoms with Crippen LogP contribution in [0.5, 0.6) is 0 Å². The van der Waals surface area contributed by atoms with Gasteiger partial charge >= 0.3 is 0 Å². The lowest BCUT2D eigenvalue weighted by Crippen LogP contribution is -2.49. The third-order valence-corrected chi connectivity index (χ3v) is 4.36. The number of piperazine rings is 1. The summed E-state index contributed by atoms with van der Waals surface area (Å²) in [4.78, 5) is 6.20. The first-order chi connectivity index (χ1) is 8.70. The Labute approximate surface area is 113 Å². The van der Waals surface area contributed by atoms with E-state index >= 15 is 0 Å². The summed E-state index contributed by atoms with van der Waals surface area (Å²) in [6.45, 7) is 6.54. The van der Waals surface area contributed by atoms with Crippen molar-refractivity contribution in [1.29, 1.82) is 0 Å². The zero-order valence-corrected chi connectivity index (χ0v) is 11.8. The van der Waals surface area contributed by atoms with Gasteiger partial charge in [-0.25, -0.2) is 0 Å². The Hall–Kier alpha value is -0.860. The van der Waals surface area contributed by atoms with E-state index < -0.39 is 0 Å². The molecule has 1 fully saturated rings. The van der Waals surface area contributed by atoms with E-state index in [1.165, 1.54) is 4.88 Å². The van der Waals surface area contributed by atoms with Gasteiger partial charge in [-0.2, -0.15) is 0 Å². The monoisotopic (exact) mass is 264 g/mol. The van der Waals surface area contributed by atoms with Crippen LogP contribution in [0.1, 0.15) is 17.4 Å². The summed E-state index contributed by atoms with van der Waals surface area (Å²) in [6.07, 6.45) is 0. The van der Waals surface area contributed by atoms with Crippen LogP contribution in [0.15, 0.2) is 11.4 Å². The average Bonchev–Trinajstić information content (AvgIpc) is 2.79. The standard InChI is InChI=1S/C14H20N2OS/c1-12-10-16(7-6-15(12)2)11-14-13(4-3-8-17)5-9-18-14/h5,9,12,17H,6-8,10-11H2,1-2H3. The molecule has 0 saturated carbocycles. The molecule has 1 atom stereocenters. The number of aliphatic hydroxyl groups is 1. The van der Waals surface area contributed by atoms with Gasteiger partial charge in [0.15, 0.2) is 0 Å². The van der Waals surface area contributed by atoms with Gasteiger partial charge in [0.05, 0.1) is 0 Å². The minimum atomic E-state index is -0.0686. The highest BCUT2D eigenvalue weighted by Crippen LogP contribution is 2.19. The van der Waals surface area contributed by atoms with Gasteiger partial charge in [0.2, 0.25) is 0 Å². The number of likely N-dealkylation sites (N-methyl/N-ethyl adjacent to an activating group) is 1. The molecule has 1 aliphatic heterocycles. The van der Waals surface area contributed by atoms with Gasteiger partial charge in [0.25, 0.3) is 0 Å². The van der Waals surface area contributed by atoms with Crippen molar-refractivity contribution in [3.05, 3.63) is 21.9 Å². The summed E-state index contributed by atoms with van der Waals surface area (Å²) < 4.78 is 0. The molecule has 0 aromatic carbocycles. The van der Waals surface area contributed by atoms with Crippen LogP contribution in [-0.4, -0.2) is 54.2 Å². The molecular formula is C14H20N2OS. The van der Waals surface area contributed by atoms with Crippen LogP contribution in [-0.2, 0) is 6.54 Å². The second kappa shape index (κ2) is 6.35. The van der Waals surface area contributed by atoms with Gasteiger partial charge in [0.1, 0.15) is 6.61 Å². The fraction of sp³-hybridized carbons (Fsp3) is 0.571. The molecule has 0 bridgehead atoms. The Morgan fingerprint density at radius 1 is 1.50 bits per heavy atom. The minimum Gasteiger partial charge on any atom is -0.384 e. The van der Waals surface area contributed by atoms with Gasteiger partial charge in [-0.1, -0.05) is 11.8 Å². The molecule has 0 spiro atoms. The molecule has 18 heavy (non-hydrogen) atoms. The number of aliphatic hydroxyl groups excluding tert-OH is 1. The molecule has 98 valence electrons. The van der Waals surface area contributed by atoms with Crippen molar-refractivity contribution in [1.82, 2.24) is 9.80 Å². The third kappa shape index (κ3) is 3.33. The van der Waals surface area contributed by atoms with Crippen molar-refractivity contribution >= 4 is 11.3 Å². The first-order valence-electron chi connectivity index (χ1n) is 6.29. The van der Waals surface area contributed by atoms with Crippen molar-refractivity contribution in [3.8, 4) is 11.8 Å². The molecule has 0 amide bonds. The average molecular weight is 264 g/mol. The second-order valence-corrected chi connectivity index (χ2v) is 5.78. The zero-order valence-electron chi connectivity index (χ0n) is 11.0. The molecule has 1 aromatic heterocycles. The van der Waals surface area contributed by atoms with Crippen LogP contribution in [0.3, 0.4) is 0 Å². The summed E-state index contributed by atoms with van der Waals surface area (Å²) in [5.74, 6) is 5.76. The largest absolute Gasteiger partial charge is 0.384 e. The fourth-order valence-electron chi connectivity index (χ4n) is 2.18. The normalized spacial score (nSPS) is 21.6. The Morgan fingerprint density at radius 3 is 3.06 bits per heavy atom. The van der Waals surface area contributed by atoms with E-state index in [0.717, 1.165) is 31.7 Å². The van der Waals surface area contributed by atoms with Gasteiger partial charge in [-0.05, 0) is 25.4 Å². The Morgan fingerprint density at radius 2 is 2.33 bits per heavy atom. The van der Waals surface area contributed by atoms with E-state index in [1.54, 1.807) is 11.3 Å². The third-order valence-electron chi connectivity index (χ3n) is 3.46. The van der Waals surface area contributed by atoms with E-state index in [9.17, 15) is 0 Å². The highest BCUT2D eigenvalue weighted by atomic mass is 32.1. The second-order valence-electron chi connectivity index (χ2n) is 4.78. The maximum Gasteiger partial charge on any atom is 0.104 e. The van der Waals surface area contributed by atoms with Crippen LogP contribution < -0.4 is 0 Å². The molecule has 1 unspecified atom stereocenters. The fourth-order valence-corrected chi connectivity index (χ4v) is 3.05. The minimum absolute atomic E-state index is 0.0686. The molecule has 0 radical (unpaired) electrons. The van der Waals surface area contributed by atoms with Crippen LogP contribution in [0.4, 0.5) is 0 Å². The maximum absolute atomic E-state index is 8.76. The summed E-state index contributed by atoms with van der Waals surface area (Å²) in [5, 5.41) is 10.8. The molecule has 1 aromatic rings. The van der Waals surface area contributed by atoms with Crippen LogP contribution >= 0.6 is 11.3 Å². The summed E-state index contributed by atoms with van der Waals surface area (Å²) in [6, 6.07) is 2.66. The highest BCUT2D eigenvalue weighted by Gasteiger charge is 2.21. The molecule has 1 saturated heterocycles.